The van der Waals surface area contributed by atoms with E-state index in [0.29, 0.717) is 12.0 Å². The molecule has 1 aromatic carbocycles. The van der Waals surface area contributed by atoms with E-state index in [4.69, 9.17) is 16.3 Å². The largest absolute Gasteiger partial charge is 0.495 e. The summed E-state index contributed by atoms with van der Waals surface area (Å²) in [6.07, 6.45) is 7.93. The molecule has 0 aliphatic heterocycles. The first kappa shape index (κ1) is 16.1. The number of benzene rings is 1. The first-order chi connectivity index (χ1) is 9.67. The second-order valence-corrected chi connectivity index (χ2v) is 6.82. The number of ether oxygens (including phenoxy) is 1. The van der Waals surface area contributed by atoms with Crippen LogP contribution in [0.2, 0.25) is 5.02 Å². The molecular weight excluding hydrogens is 338 g/mol. The fraction of sp³-hybridized carbons (Fsp3) is 0.625. The van der Waals surface area contributed by atoms with E-state index in [2.05, 4.69) is 21.2 Å². The smallest absolute Gasteiger partial charge is 0.137 e. The van der Waals surface area contributed by atoms with Gasteiger partial charge in [0.25, 0.3) is 0 Å². The molecule has 1 N–H and O–H groups in total. The zero-order valence-electron chi connectivity index (χ0n) is 12.2. The molecule has 1 aliphatic carbocycles. The predicted molar refractivity (Wildman–Crippen MR) is 88.7 cm³/mol. The third-order valence-corrected chi connectivity index (χ3v) is 5.07. The molecule has 0 amide bonds. The Morgan fingerprint density at radius 2 is 1.90 bits per heavy atom. The molecule has 0 spiro atoms. The fourth-order valence-corrected chi connectivity index (χ4v) is 4.31. The highest BCUT2D eigenvalue weighted by Gasteiger charge is 2.26. The summed E-state index contributed by atoms with van der Waals surface area (Å²) in [5, 5.41) is 4.24. The number of halogens is 2. The highest BCUT2D eigenvalue weighted by atomic mass is 79.9. The SMILES string of the molecule is CNC(c1cc(Cl)cc(Br)c1OC)C1CCCCCC1. The van der Waals surface area contributed by atoms with Gasteiger partial charge in [-0.25, -0.2) is 0 Å². The van der Waals surface area contributed by atoms with E-state index in [9.17, 15) is 0 Å². The van der Waals surface area contributed by atoms with E-state index >= 15 is 0 Å². The van der Waals surface area contributed by atoms with Gasteiger partial charge in [0, 0.05) is 16.6 Å². The quantitative estimate of drug-likeness (QED) is 0.732. The van der Waals surface area contributed by atoms with E-state index < -0.39 is 0 Å². The summed E-state index contributed by atoms with van der Waals surface area (Å²) in [7, 11) is 3.75. The van der Waals surface area contributed by atoms with Gasteiger partial charge in [-0.2, -0.15) is 0 Å². The average molecular weight is 361 g/mol. The van der Waals surface area contributed by atoms with Crippen LogP contribution in [0.4, 0.5) is 0 Å². The van der Waals surface area contributed by atoms with Crippen molar-refractivity contribution in [3.05, 3.63) is 27.2 Å². The van der Waals surface area contributed by atoms with Gasteiger partial charge in [0.15, 0.2) is 0 Å². The number of hydrogen-bond donors (Lipinski definition) is 1. The molecule has 4 heteroatoms. The molecule has 1 aromatic rings. The van der Waals surface area contributed by atoms with Gasteiger partial charge in [-0.1, -0.05) is 37.3 Å². The van der Waals surface area contributed by atoms with Crippen molar-refractivity contribution in [2.45, 2.75) is 44.6 Å². The molecule has 1 unspecified atom stereocenters. The molecule has 0 aromatic heterocycles. The number of nitrogens with one attached hydrogen (secondary N) is 1. The Morgan fingerprint density at radius 1 is 1.25 bits per heavy atom. The van der Waals surface area contributed by atoms with Crippen molar-refractivity contribution < 1.29 is 4.74 Å². The van der Waals surface area contributed by atoms with Crippen LogP contribution in [-0.4, -0.2) is 14.2 Å². The van der Waals surface area contributed by atoms with Crippen LogP contribution >= 0.6 is 27.5 Å². The highest BCUT2D eigenvalue weighted by Crippen LogP contribution is 2.41. The summed E-state index contributed by atoms with van der Waals surface area (Å²) < 4.78 is 6.52. The summed E-state index contributed by atoms with van der Waals surface area (Å²) in [6.45, 7) is 0. The number of rotatable bonds is 4. The maximum Gasteiger partial charge on any atom is 0.137 e. The van der Waals surface area contributed by atoms with Crippen LogP contribution in [0.1, 0.15) is 50.1 Å². The van der Waals surface area contributed by atoms with Gasteiger partial charge in [0.2, 0.25) is 0 Å². The number of methoxy groups -OCH3 is 1. The van der Waals surface area contributed by atoms with E-state index in [1.54, 1.807) is 7.11 Å². The molecule has 2 nitrogen and oxygen atoms in total. The summed E-state index contributed by atoms with van der Waals surface area (Å²) in [5.74, 6) is 1.56. The molecular formula is C16H23BrClNO. The van der Waals surface area contributed by atoms with Crippen molar-refractivity contribution in [3.8, 4) is 5.75 Å². The Hall–Kier alpha value is -0.250. The van der Waals surface area contributed by atoms with Crippen molar-refractivity contribution in [1.29, 1.82) is 0 Å². The van der Waals surface area contributed by atoms with Gasteiger partial charge in [0.05, 0.1) is 11.6 Å². The lowest BCUT2D eigenvalue weighted by molar-refractivity contribution is 0.326. The molecule has 1 fully saturated rings. The van der Waals surface area contributed by atoms with Crippen LogP contribution in [0, 0.1) is 5.92 Å². The average Bonchev–Trinajstić information content (AvgIpc) is 2.68. The summed E-state index contributed by atoms with van der Waals surface area (Å²) in [6, 6.07) is 4.24. The summed E-state index contributed by atoms with van der Waals surface area (Å²) in [4.78, 5) is 0. The Kier molecular flexibility index (Phi) is 6.19. The second kappa shape index (κ2) is 7.67. The monoisotopic (exact) mass is 359 g/mol. The van der Waals surface area contributed by atoms with Crippen LogP contribution in [0.15, 0.2) is 16.6 Å². The van der Waals surface area contributed by atoms with Gasteiger partial charge < -0.3 is 10.1 Å². The molecule has 0 bridgehead atoms. The van der Waals surface area contributed by atoms with E-state index in [1.807, 2.05) is 19.2 Å². The Morgan fingerprint density at radius 3 is 2.45 bits per heavy atom. The first-order valence-electron chi connectivity index (χ1n) is 7.37. The van der Waals surface area contributed by atoms with E-state index in [0.717, 1.165) is 15.2 Å². The third kappa shape index (κ3) is 3.69. The van der Waals surface area contributed by atoms with Crippen molar-refractivity contribution in [2.24, 2.45) is 5.92 Å². The van der Waals surface area contributed by atoms with Gasteiger partial charge in [-0.15, -0.1) is 0 Å². The molecule has 20 heavy (non-hydrogen) atoms. The fourth-order valence-electron chi connectivity index (χ4n) is 3.32. The van der Waals surface area contributed by atoms with Gasteiger partial charge in [-0.05, 0) is 53.9 Å². The van der Waals surface area contributed by atoms with Crippen LogP contribution in [0.5, 0.6) is 5.75 Å². The predicted octanol–water partition coefficient (Wildman–Crippen LogP) is 5.34. The molecule has 1 saturated carbocycles. The van der Waals surface area contributed by atoms with Crippen molar-refractivity contribution in [2.75, 3.05) is 14.2 Å². The Balaban J connectivity index is 2.34. The minimum absolute atomic E-state index is 0.304. The van der Waals surface area contributed by atoms with Gasteiger partial charge in [-0.3, -0.25) is 0 Å². The Bertz CT molecular complexity index is 444. The normalized spacial score (nSPS) is 18.6. The highest BCUT2D eigenvalue weighted by molar-refractivity contribution is 9.10. The molecule has 1 atom stereocenters. The second-order valence-electron chi connectivity index (χ2n) is 5.53. The summed E-state index contributed by atoms with van der Waals surface area (Å²) >= 11 is 9.80. The molecule has 112 valence electrons. The minimum atomic E-state index is 0.304. The van der Waals surface area contributed by atoms with Crippen LogP contribution in [-0.2, 0) is 0 Å². The molecule has 0 heterocycles. The van der Waals surface area contributed by atoms with Gasteiger partial charge >= 0.3 is 0 Å². The topological polar surface area (TPSA) is 21.3 Å². The van der Waals surface area contributed by atoms with Gasteiger partial charge in [0.1, 0.15) is 5.75 Å². The lowest BCUT2D eigenvalue weighted by Gasteiger charge is -2.28. The first-order valence-corrected chi connectivity index (χ1v) is 8.54. The third-order valence-electron chi connectivity index (χ3n) is 4.26. The van der Waals surface area contributed by atoms with Crippen LogP contribution in [0.3, 0.4) is 0 Å². The lowest BCUT2D eigenvalue weighted by atomic mass is 9.87. The maximum absolute atomic E-state index is 6.24. The zero-order valence-corrected chi connectivity index (χ0v) is 14.6. The standard InChI is InChI=1S/C16H23BrClNO/c1-19-15(11-7-5-3-4-6-8-11)13-9-12(18)10-14(17)16(13)20-2/h9-11,15,19H,3-8H2,1-2H3. The van der Waals surface area contributed by atoms with Crippen molar-refractivity contribution >= 4 is 27.5 Å². The summed E-state index contributed by atoms with van der Waals surface area (Å²) in [5.41, 5.74) is 1.17. The van der Waals surface area contributed by atoms with Crippen LogP contribution < -0.4 is 10.1 Å². The molecule has 1 aliphatic rings. The molecule has 0 saturated heterocycles. The lowest BCUT2D eigenvalue weighted by Crippen LogP contribution is -2.25. The Labute approximate surface area is 135 Å². The maximum atomic E-state index is 6.24. The zero-order chi connectivity index (χ0) is 14.5. The molecule has 0 radical (unpaired) electrons. The number of hydrogen-bond acceptors (Lipinski definition) is 2. The molecule has 2 rings (SSSR count). The van der Waals surface area contributed by atoms with E-state index in [1.165, 1.54) is 44.1 Å². The van der Waals surface area contributed by atoms with Crippen LogP contribution in [0.25, 0.3) is 0 Å². The minimum Gasteiger partial charge on any atom is -0.495 e. The van der Waals surface area contributed by atoms with Crippen molar-refractivity contribution in [1.82, 2.24) is 5.32 Å². The van der Waals surface area contributed by atoms with Crippen molar-refractivity contribution in [3.63, 3.8) is 0 Å². The van der Waals surface area contributed by atoms with E-state index in [-0.39, 0.29) is 0 Å².